The third-order valence-corrected chi connectivity index (χ3v) is 9.10. The lowest BCUT2D eigenvalue weighted by atomic mass is 9.88. The van der Waals surface area contributed by atoms with Crippen molar-refractivity contribution in [3.05, 3.63) is 88.7 Å². The summed E-state index contributed by atoms with van der Waals surface area (Å²) in [4.78, 5) is 19.9. The van der Waals surface area contributed by atoms with E-state index in [-0.39, 0.29) is 17.6 Å². The molecule has 5 rings (SSSR count). The summed E-state index contributed by atoms with van der Waals surface area (Å²) in [6.45, 7) is 8.21. The van der Waals surface area contributed by atoms with Crippen LogP contribution in [-0.2, 0) is 17.8 Å². The van der Waals surface area contributed by atoms with E-state index >= 15 is 0 Å². The second kappa shape index (κ2) is 14.5. The molecule has 1 atom stereocenters. The van der Waals surface area contributed by atoms with Crippen LogP contribution in [-0.4, -0.2) is 79.1 Å². The quantitative estimate of drug-likeness (QED) is 0.338. The van der Waals surface area contributed by atoms with Gasteiger partial charge in [-0.15, -0.1) is 0 Å². The number of piperazine rings is 1. The first-order chi connectivity index (χ1) is 20.4. The fourth-order valence-corrected chi connectivity index (χ4v) is 6.52. The molecule has 0 radical (unpaired) electrons. The zero-order valence-corrected chi connectivity index (χ0v) is 25.2. The number of nitrogens with two attached hydrogens (primary N) is 1. The van der Waals surface area contributed by atoms with Gasteiger partial charge in [0.1, 0.15) is 11.6 Å². The van der Waals surface area contributed by atoms with Crippen LogP contribution in [0.1, 0.15) is 30.9 Å². The third-order valence-electron chi connectivity index (χ3n) is 8.75. The highest BCUT2D eigenvalue weighted by atomic mass is 35.5. The van der Waals surface area contributed by atoms with Gasteiger partial charge in [0.25, 0.3) is 0 Å². The number of carbonyl (C=O) groups excluding carboxylic acids is 1. The van der Waals surface area contributed by atoms with Crippen LogP contribution in [0.3, 0.4) is 0 Å². The molecule has 0 saturated carbocycles. The van der Waals surface area contributed by atoms with Crippen molar-refractivity contribution in [3.8, 4) is 16.9 Å². The summed E-state index contributed by atoms with van der Waals surface area (Å²) in [5.41, 5.74) is 10.7. The van der Waals surface area contributed by atoms with Gasteiger partial charge in [0.05, 0.1) is 12.6 Å². The molecule has 6 nitrogen and oxygen atoms in total. The van der Waals surface area contributed by atoms with E-state index in [2.05, 4.69) is 40.1 Å². The van der Waals surface area contributed by atoms with Crippen molar-refractivity contribution in [2.75, 3.05) is 52.4 Å². The number of amides is 1. The van der Waals surface area contributed by atoms with Crippen molar-refractivity contribution >= 4 is 17.5 Å². The Hall–Kier alpha value is -2.97. The van der Waals surface area contributed by atoms with Gasteiger partial charge in [0.2, 0.25) is 5.91 Å². The van der Waals surface area contributed by atoms with Crippen molar-refractivity contribution in [1.82, 2.24) is 14.7 Å². The number of hydrogen-bond acceptors (Lipinski definition) is 5. The fourth-order valence-electron chi connectivity index (χ4n) is 6.25. The van der Waals surface area contributed by atoms with Gasteiger partial charge in [-0.25, -0.2) is 4.39 Å². The largest absolute Gasteiger partial charge is 0.493 e. The smallest absolute Gasteiger partial charge is 0.239 e. The molecule has 3 aromatic rings. The maximum Gasteiger partial charge on any atom is 0.239 e. The first kappa shape index (κ1) is 30.5. The van der Waals surface area contributed by atoms with E-state index in [1.165, 1.54) is 22.8 Å². The van der Waals surface area contributed by atoms with E-state index in [4.69, 9.17) is 22.1 Å². The number of piperidine rings is 1. The fraction of sp³-hybridized carbons (Fsp3) is 0.441. The van der Waals surface area contributed by atoms with E-state index < -0.39 is 6.04 Å². The molecule has 0 unspecified atom stereocenters. The number of hydrogen-bond donors (Lipinski definition) is 1. The highest BCUT2D eigenvalue weighted by Crippen LogP contribution is 2.30. The van der Waals surface area contributed by atoms with Crippen molar-refractivity contribution in [2.45, 2.75) is 38.8 Å². The third kappa shape index (κ3) is 7.32. The minimum Gasteiger partial charge on any atom is -0.493 e. The molecule has 42 heavy (non-hydrogen) atoms. The molecular weight excluding hydrogens is 551 g/mol. The van der Waals surface area contributed by atoms with Crippen LogP contribution in [0.15, 0.2) is 66.7 Å². The number of carbonyl (C=O) groups is 1. The summed E-state index contributed by atoms with van der Waals surface area (Å²) in [5, 5.41) is 0.808. The van der Waals surface area contributed by atoms with Gasteiger partial charge < -0.3 is 20.3 Å². The number of ether oxygens (including phenoxy) is 1. The van der Waals surface area contributed by atoms with Gasteiger partial charge in [0, 0.05) is 49.9 Å². The number of halogens is 2. The van der Waals surface area contributed by atoms with Gasteiger partial charge in [-0.05, 0) is 80.1 Å². The molecule has 2 saturated heterocycles. The monoisotopic (exact) mass is 592 g/mol. The molecule has 1 amide bonds. The van der Waals surface area contributed by atoms with Gasteiger partial charge in [-0.1, -0.05) is 60.1 Å². The van der Waals surface area contributed by atoms with Crippen molar-refractivity contribution in [1.29, 1.82) is 0 Å². The standard InChI is InChI=1S/C34H42ClFN4O2/c1-2-42-32-13-7-12-31(36)29(32)24-39-20-22-40(23-21-39)34(41)33(37)26-14-17-38(18-15-26)19-16-28-27(10-6-11-30(28)35)25-8-4-3-5-9-25/h3-13,26,33H,2,14-24,37H2,1H3/t33-/m1/s1. The highest BCUT2D eigenvalue weighted by molar-refractivity contribution is 6.31. The maximum absolute atomic E-state index is 14.5. The summed E-state index contributed by atoms with van der Waals surface area (Å²) in [5.74, 6) is 0.556. The summed E-state index contributed by atoms with van der Waals surface area (Å²) in [6.07, 6.45) is 2.70. The molecule has 3 aromatic carbocycles. The van der Waals surface area contributed by atoms with Crippen LogP contribution < -0.4 is 10.5 Å². The Morgan fingerprint density at radius 3 is 2.36 bits per heavy atom. The Morgan fingerprint density at radius 2 is 1.64 bits per heavy atom. The first-order valence-corrected chi connectivity index (χ1v) is 15.5. The van der Waals surface area contributed by atoms with E-state index in [1.807, 2.05) is 36.1 Å². The molecule has 224 valence electrons. The Balaban J connectivity index is 1.09. The molecule has 2 N–H and O–H groups in total. The van der Waals surface area contributed by atoms with Crippen LogP contribution in [0.25, 0.3) is 11.1 Å². The topological polar surface area (TPSA) is 62.0 Å². The molecule has 2 aliphatic rings. The summed E-state index contributed by atoms with van der Waals surface area (Å²) >= 11 is 6.64. The Labute approximate surface area is 254 Å². The van der Waals surface area contributed by atoms with Gasteiger partial charge >= 0.3 is 0 Å². The second-order valence-corrected chi connectivity index (χ2v) is 11.7. The van der Waals surface area contributed by atoms with Gasteiger partial charge in [0.15, 0.2) is 0 Å². The number of nitrogens with zero attached hydrogens (tertiary/aromatic N) is 3. The molecule has 2 heterocycles. The summed E-state index contributed by atoms with van der Waals surface area (Å²) in [7, 11) is 0. The van der Waals surface area contributed by atoms with Crippen LogP contribution >= 0.6 is 11.6 Å². The average molecular weight is 593 g/mol. The lowest BCUT2D eigenvalue weighted by Gasteiger charge is -2.39. The molecule has 8 heteroatoms. The zero-order chi connectivity index (χ0) is 29.5. The van der Waals surface area contributed by atoms with E-state index in [0.29, 0.717) is 50.6 Å². The lowest BCUT2D eigenvalue weighted by Crippen LogP contribution is -2.55. The van der Waals surface area contributed by atoms with Crippen molar-refractivity contribution < 1.29 is 13.9 Å². The van der Waals surface area contributed by atoms with Crippen LogP contribution in [0.4, 0.5) is 4.39 Å². The first-order valence-electron chi connectivity index (χ1n) is 15.2. The van der Waals surface area contributed by atoms with Crippen LogP contribution in [0.5, 0.6) is 5.75 Å². The number of likely N-dealkylation sites (tertiary alicyclic amines) is 1. The van der Waals surface area contributed by atoms with Crippen molar-refractivity contribution in [2.24, 2.45) is 11.7 Å². The molecule has 0 aliphatic carbocycles. The molecule has 0 bridgehead atoms. The van der Waals surface area contributed by atoms with Crippen molar-refractivity contribution in [3.63, 3.8) is 0 Å². The number of benzene rings is 3. The van der Waals surface area contributed by atoms with E-state index in [9.17, 15) is 9.18 Å². The summed E-state index contributed by atoms with van der Waals surface area (Å²) in [6, 6.07) is 21.0. The molecular formula is C34H42ClFN4O2. The average Bonchev–Trinajstić information content (AvgIpc) is 3.02. The Morgan fingerprint density at radius 1 is 0.929 bits per heavy atom. The molecule has 0 aromatic heterocycles. The Kier molecular flexibility index (Phi) is 10.5. The SMILES string of the molecule is CCOc1cccc(F)c1CN1CCN(C(=O)[C@H](N)C2CCN(CCc3c(Cl)cccc3-c3ccccc3)CC2)CC1. The normalized spacial score (nSPS) is 17.8. The minimum absolute atomic E-state index is 0.0394. The lowest BCUT2D eigenvalue weighted by molar-refractivity contribution is -0.136. The number of rotatable bonds is 10. The predicted octanol–water partition coefficient (Wildman–Crippen LogP) is 5.47. The van der Waals surface area contributed by atoms with Crippen LogP contribution in [0.2, 0.25) is 5.02 Å². The van der Waals surface area contributed by atoms with E-state index in [1.54, 1.807) is 6.07 Å². The molecule has 2 aliphatic heterocycles. The maximum atomic E-state index is 14.5. The molecule has 2 fully saturated rings. The zero-order valence-electron chi connectivity index (χ0n) is 24.5. The Bertz CT molecular complexity index is 1320. The summed E-state index contributed by atoms with van der Waals surface area (Å²) < 4.78 is 20.2. The van der Waals surface area contributed by atoms with Gasteiger partial charge in [-0.3, -0.25) is 9.69 Å². The minimum atomic E-state index is -0.483. The highest BCUT2D eigenvalue weighted by Gasteiger charge is 2.33. The second-order valence-electron chi connectivity index (χ2n) is 11.3. The predicted molar refractivity (Wildman–Crippen MR) is 167 cm³/mol. The van der Waals surface area contributed by atoms with E-state index in [0.717, 1.165) is 43.9 Å². The molecule has 0 spiro atoms. The van der Waals surface area contributed by atoms with Gasteiger partial charge in [-0.2, -0.15) is 0 Å². The van der Waals surface area contributed by atoms with Crippen LogP contribution in [0, 0.1) is 11.7 Å².